The second-order valence-electron chi connectivity index (χ2n) is 6.56. The highest BCUT2D eigenvalue weighted by Crippen LogP contribution is 2.25. The van der Waals surface area contributed by atoms with Crippen LogP contribution in [0.25, 0.3) is 0 Å². The van der Waals surface area contributed by atoms with Crippen LogP contribution in [0.5, 0.6) is 5.75 Å². The van der Waals surface area contributed by atoms with Gasteiger partial charge < -0.3 is 19.9 Å². The number of rotatable bonds is 6. The summed E-state index contributed by atoms with van der Waals surface area (Å²) in [6.45, 7) is 3.55. The molecule has 0 aliphatic carbocycles. The first-order valence-electron chi connectivity index (χ1n) is 9.14. The number of nitrogens with zero attached hydrogens (tertiary/aromatic N) is 2. The second-order valence-corrected chi connectivity index (χ2v) is 6.56. The average molecular weight is 367 g/mol. The second kappa shape index (κ2) is 8.58. The molecule has 1 aliphatic rings. The monoisotopic (exact) mass is 367 g/mol. The van der Waals surface area contributed by atoms with Crippen LogP contribution in [-0.2, 0) is 11.3 Å². The van der Waals surface area contributed by atoms with Crippen LogP contribution in [0.15, 0.2) is 54.6 Å². The van der Waals surface area contributed by atoms with Crippen LogP contribution in [0.3, 0.4) is 0 Å². The van der Waals surface area contributed by atoms with Gasteiger partial charge in [0.05, 0.1) is 13.2 Å². The molecule has 0 saturated carbocycles. The van der Waals surface area contributed by atoms with Gasteiger partial charge in [-0.25, -0.2) is 4.79 Å². The Morgan fingerprint density at radius 2 is 2.00 bits per heavy atom. The molecule has 1 heterocycles. The Labute approximate surface area is 159 Å². The van der Waals surface area contributed by atoms with Crippen molar-refractivity contribution in [3.8, 4) is 5.75 Å². The Morgan fingerprint density at radius 1 is 1.22 bits per heavy atom. The molecule has 6 nitrogen and oxygen atoms in total. The predicted octanol–water partition coefficient (Wildman–Crippen LogP) is 3.03. The van der Waals surface area contributed by atoms with Crippen molar-refractivity contribution in [3.05, 3.63) is 60.2 Å². The maximum atomic E-state index is 12.6. The number of hydrogen-bond donors (Lipinski definition) is 1. The highest BCUT2D eigenvalue weighted by Gasteiger charge is 2.32. The molecule has 0 bridgehead atoms. The molecule has 0 radical (unpaired) electrons. The van der Waals surface area contributed by atoms with Gasteiger partial charge in [0.1, 0.15) is 5.75 Å². The summed E-state index contributed by atoms with van der Waals surface area (Å²) in [5, 5.41) is 3.00. The summed E-state index contributed by atoms with van der Waals surface area (Å²) in [6.07, 6.45) is 0.297. The van der Waals surface area contributed by atoms with Crippen LogP contribution in [0.2, 0.25) is 0 Å². The van der Waals surface area contributed by atoms with Gasteiger partial charge in [0.2, 0.25) is 5.91 Å². The van der Waals surface area contributed by atoms with Crippen molar-refractivity contribution in [2.24, 2.45) is 0 Å². The van der Waals surface area contributed by atoms with E-state index in [9.17, 15) is 9.59 Å². The molecule has 0 aromatic heterocycles. The summed E-state index contributed by atoms with van der Waals surface area (Å²) in [7, 11) is 1.60. The molecule has 0 spiro atoms. The van der Waals surface area contributed by atoms with Crippen molar-refractivity contribution in [1.82, 2.24) is 10.2 Å². The normalized spacial score (nSPS) is 16.3. The average Bonchev–Trinajstić information content (AvgIpc) is 3.06. The molecular formula is C21H25N3O3. The van der Waals surface area contributed by atoms with Crippen LogP contribution < -0.4 is 15.0 Å². The lowest BCUT2D eigenvalue weighted by molar-refractivity contribution is -0.117. The Balaban J connectivity index is 1.62. The highest BCUT2D eigenvalue weighted by atomic mass is 16.5. The number of urea groups is 1. The quantitative estimate of drug-likeness (QED) is 0.854. The van der Waals surface area contributed by atoms with E-state index in [1.165, 1.54) is 0 Å². The molecule has 1 N–H and O–H groups in total. The van der Waals surface area contributed by atoms with Gasteiger partial charge in [-0.3, -0.25) is 4.79 Å². The molecular weight excluding hydrogens is 342 g/mol. The van der Waals surface area contributed by atoms with Crippen molar-refractivity contribution in [3.63, 3.8) is 0 Å². The number of nitrogens with one attached hydrogen (secondary N) is 1. The lowest BCUT2D eigenvalue weighted by Gasteiger charge is -2.24. The van der Waals surface area contributed by atoms with Gasteiger partial charge in [-0.05, 0) is 24.6 Å². The molecule has 0 unspecified atom stereocenters. The van der Waals surface area contributed by atoms with Gasteiger partial charge in [-0.1, -0.05) is 36.4 Å². The van der Waals surface area contributed by atoms with E-state index in [2.05, 4.69) is 5.32 Å². The molecule has 3 rings (SSSR count). The summed E-state index contributed by atoms with van der Waals surface area (Å²) in [5.74, 6) is 0.701. The first-order chi connectivity index (χ1) is 13.1. The van der Waals surface area contributed by atoms with Crippen LogP contribution >= 0.6 is 0 Å². The van der Waals surface area contributed by atoms with Gasteiger partial charge in [-0.2, -0.15) is 0 Å². The Kier molecular flexibility index (Phi) is 5.96. The minimum absolute atomic E-state index is 0.000314. The van der Waals surface area contributed by atoms with Crippen molar-refractivity contribution in [2.45, 2.75) is 25.9 Å². The lowest BCUT2D eigenvalue weighted by atomic mass is 10.2. The fourth-order valence-corrected chi connectivity index (χ4v) is 3.23. The number of ether oxygens (including phenoxy) is 1. The predicted molar refractivity (Wildman–Crippen MR) is 105 cm³/mol. The molecule has 6 heteroatoms. The molecule has 2 aromatic carbocycles. The SMILES string of the molecule is CCN(Cc1ccccc1)C(=O)N[C@@H]1CC(=O)N(c2cccc(OC)c2)C1. The topological polar surface area (TPSA) is 61.9 Å². The van der Waals surface area contributed by atoms with Crippen molar-refractivity contribution >= 4 is 17.6 Å². The zero-order valence-electron chi connectivity index (χ0n) is 15.7. The number of hydrogen-bond acceptors (Lipinski definition) is 3. The largest absolute Gasteiger partial charge is 0.497 e. The standard InChI is InChI=1S/C21H25N3O3/c1-3-23(14-16-8-5-4-6-9-16)21(26)22-17-12-20(25)24(15-17)18-10-7-11-19(13-18)27-2/h4-11,13,17H,3,12,14-15H2,1-2H3,(H,22,26)/t17-/m1/s1. The third-order valence-electron chi connectivity index (χ3n) is 4.70. The van der Waals surface area contributed by atoms with Crippen LogP contribution in [-0.4, -0.2) is 43.1 Å². The van der Waals surface area contributed by atoms with E-state index in [1.807, 2.05) is 61.5 Å². The summed E-state index contributed by atoms with van der Waals surface area (Å²) in [5.41, 5.74) is 1.86. The molecule has 1 saturated heterocycles. The van der Waals surface area contributed by atoms with Crippen LogP contribution in [0.1, 0.15) is 18.9 Å². The van der Waals surface area contributed by atoms with Gasteiger partial charge in [0.15, 0.2) is 0 Å². The third-order valence-corrected chi connectivity index (χ3v) is 4.70. The van der Waals surface area contributed by atoms with E-state index < -0.39 is 0 Å². The molecule has 27 heavy (non-hydrogen) atoms. The zero-order valence-corrected chi connectivity index (χ0v) is 15.7. The minimum Gasteiger partial charge on any atom is -0.497 e. The molecule has 2 aromatic rings. The van der Waals surface area contributed by atoms with E-state index >= 15 is 0 Å². The summed E-state index contributed by atoms with van der Waals surface area (Å²) in [6, 6.07) is 16.9. The number of benzene rings is 2. The highest BCUT2D eigenvalue weighted by molar-refractivity contribution is 5.97. The van der Waals surface area contributed by atoms with E-state index in [0.29, 0.717) is 31.8 Å². The maximum Gasteiger partial charge on any atom is 0.317 e. The van der Waals surface area contributed by atoms with Crippen LogP contribution in [0, 0.1) is 0 Å². The van der Waals surface area contributed by atoms with E-state index in [4.69, 9.17) is 4.74 Å². The summed E-state index contributed by atoms with van der Waals surface area (Å²) in [4.78, 5) is 28.5. The van der Waals surface area contributed by atoms with E-state index in [0.717, 1.165) is 11.3 Å². The molecule has 3 amide bonds. The van der Waals surface area contributed by atoms with E-state index in [1.54, 1.807) is 16.9 Å². The van der Waals surface area contributed by atoms with Gasteiger partial charge in [0, 0.05) is 37.8 Å². The number of carbonyl (C=O) groups is 2. The summed E-state index contributed by atoms with van der Waals surface area (Å²) >= 11 is 0. The van der Waals surface area contributed by atoms with Crippen molar-refractivity contribution < 1.29 is 14.3 Å². The zero-order chi connectivity index (χ0) is 19.2. The number of amides is 3. The minimum atomic E-state index is -0.207. The first-order valence-corrected chi connectivity index (χ1v) is 9.14. The number of methoxy groups -OCH3 is 1. The molecule has 1 fully saturated rings. The van der Waals surface area contributed by atoms with Crippen molar-refractivity contribution in [2.75, 3.05) is 25.1 Å². The lowest BCUT2D eigenvalue weighted by Crippen LogP contribution is -2.45. The summed E-state index contributed by atoms with van der Waals surface area (Å²) < 4.78 is 5.23. The fourth-order valence-electron chi connectivity index (χ4n) is 3.23. The number of anilines is 1. The third kappa shape index (κ3) is 4.58. The van der Waals surface area contributed by atoms with Gasteiger partial charge in [0.25, 0.3) is 0 Å². The Hall–Kier alpha value is -3.02. The Bertz CT molecular complexity index is 794. The number of carbonyl (C=O) groups excluding carboxylic acids is 2. The van der Waals surface area contributed by atoms with Gasteiger partial charge >= 0.3 is 6.03 Å². The molecule has 142 valence electrons. The molecule has 1 atom stereocenters. The smallest absolute Gasteiger partial charge is 0.317 e. The fraction of sp³-hybridized carbons (Fsp3) is 0.333. The van der Waals surface area contributed by atoms with Crippen molar-refractivity contribution in [1.29, 1.82) is 0 Å². The maximum absolute atomic E-state index is 12.6. The Morgan fingerprint density at radius 3 is 2.70 bits per heavy atom. The van der Waals surface area contributed by atoms with E-state index in [-0.39, 0.29) is 18.0 Å². The van der Waals surface area contributed by atoms with Crippen LogP contribution in [0.4, 0.5) is 10.5 Å². The first kappa shape index (κ1) is 18.8. The van der Waals surface area contributed by atoms with Gasteiger partial charge in [-0.15, -0.1) is 0 Å². The molecule has 1 aliphatic heterocycles.